The van der Waals surface area contributed by atoms with Crippen molar-refractivity contribution in [2.45, 2.75) is 19.2 Å². The van der Waals surface area contributed by atoms with Crippen molar-refractivity contribution in [3.8, 4) is 0 Å². The van der Waals surface area contributed by atoms with Crippen LogP contribution in [0, 0.1) is 11.8 Å². The maximum absolute atomic E-state index is 11.9. The fourth-order valence-corrected chi connectivity index (χ4v) is 1.61. The Labute approximate surface area is 91.2 Å². The minimum atomic E-state index is -4.69. The van der Waals surface area contributed by atoms with Crippen LogP contribution >= 0.6 is 0 Å². The molecule has 0 aromatic rings. The van der Waals surface area contributed by atoms with E-state index in [1.54, 1.807) is 0 Å². The van der Waals surface area contributed by atoms with Gasteiger partial charge in [0, 0.05) is 6.54 Å². The van der Waals surface area contributed by atoms with E-state index in [1.807, 2.05) is 6.92 Å². The quantitative estimate of drug-likeness (QED) is 0.644. The zero-order valence-corrected chi connectivity index (χ0v) is 8.84. The standard InChI is InChI=1S/C9H15F3N2O2/c1-5-2-13-3-6(5)8(16)14-4-7(15)9(10,11)12/h5-7,13,15H,2-4H2,1H3,(H,14,16). The van der Waals surface area contributed by atoms with Crippen LogP contribution in [0.5, 0.6) is 0 Å². The van der Waals surface area contributed by atoms with Gasteiger partial charge in [-0.15, -0.1) is 0 Å². The maximum atomic E-state index is 11.9. The number of amides is 1. The first-order valence-corrected chi connectivity index (χ1v) is 5.05. The maximum Gasteiger partial charge on any atom is 0.416 e. The van der Waals surface area contributed by atoms with Crippen molar-refractivity contribution in [3.63, 3.8) is 0 Å². The van der Waals surface area contributed by atoms with Gasteiger partial charge < -0.3 is 15.7 Å². The van der Waals surface area contributed by atoms with Crippen LogP contribution in [0.4, 0.5) is 13.2 Å². The minimum absolute atomic E-state index is 0.100. The second-order valence-electron chi connectivity index (χ2n) is 4.04. The van der Waals surface area contributed by atoms with Crippen molar-refractivity contribution >= 4 is 5.91 Å². The number of aliphatic hydroxyl groups excluding tert-OH is 1. The van der Waals surface area contributed by atoms with Gasteiger partial charge in [-0.25, -0.2) is 0 Å². The van der Waals surface area contributed by atoms with Gasteiger partial charge >= 0.3 is 6.18 Å². The number of alkyl halides is 3. The van der Waals surface area contributed by atoms with Gasteiger partial charge in [0.25, 0.3) is 0 Å². The molecular weight excluding hydrogens is 225 g/mol. The number of carbonyl (C=O) groups excluding carboxylic acids is 1. The third-order valence-corrected chi connectivity index (χ3v) is 2.70. The van der Waals surface area contributed by atoms with Crippen LogP contribution in [0.1, 0.15) is 6.92 Å². The molecule has 0 saturated carbocycles. The molecule has 3 atom stereocenters. The molecule has 0 aromatic heterocycles. The van der Waals surface area contributed by atoms with E-state index in [0.29, 0.717) is 13.1 Å². The summed E-state index contributed by atoms with van der Waals surface area (Å²) in [7, 11) is 0. The molecule has 1 rings (SSSR count). The third-order valence-electron chi connectivity index (χ3n) is 2.70. The SMILES string of the molecule is CC1CNCC1C(=O)NCC(O)C(F)(F)F. The molecule has 0 radical (unpaired) electrons. The Morgan fingerprint density at radius 2 is 2.19 bits per heavy atom. The first-order chi connectivity index (χ1) is 7.32. The zero-order valence-electron chi connectivity index (χ0n) is 8.84. The molecule has 0 aliphatic carbocycles. The summed E-state index contributed by atoms with van der Waals surface area (Å²) in [6.07, 6.45) is -7.19. The highest BCUT2D eigenvalue weighted by atomic mass is 19.4. The van der Waals surface area contributed by atoms with Crippen LogP contribution in [0.3, 0.4) is 0 Å². The molecule has 1 aliphatic heterocycles. The summed E-state index contributed by atoms with van der Waals surface area (Å²) in [4.78, 5) is 11.5. The molecule has 1 heterocycles. The average molecular weight is 240 g/mol. The smallest absolute Gasteiger partial charge is 0.382 e. The van der Waals surface area contributed by atoms with Crippen LogP contribution in [-0.2, 0) is 4.79 Å². The van der Waals surface area contributed by atoms with Crippen LogP contribution in [0.25, 0.3) is 0 Å². The molecule has 1 aliphatic rings. The number of nitrogens with one attached hydrogen (secondary N) is 2. The highest BCUT2D eigenvalue weighted by Gasteiger charge is 2.39. The summed E-state index contributed by atoms with van der Waals surface area (Å²) < 4.78 is 35.8. The predicted octanol–water partition coefficient (Wildman–Crippen LogP) is -0.119. The van der Waals surface area contributed by atoms with E-state index in [1.165, 1.54) is 0 Å². The topological polar surface area (TPSA) is 61.4 Å². The summed E-state index contributed by atoms with van der Waals surface area (Å²) >= 11 is 0. The van der Waals surface area contributed by atoms with Crippen molar-refractivity contribution in [2.24, 2.45) is 11.8 Å². The van der Waals surface area contributed by atoms with E-state index in [4.69, 9.17) is 5.11 Å². The summed E-state index contributed by atoms with van der Waals surface area (Å²) in [5.74, 6) is -0.663. The van der Waals surface area contributed by atoms with E-state index >= 15 is 0 Å². The zero-order chi connectivity index (χ0) is 12.3. The van der Waals surface area contributed by atoms with Gasteiger partial charge in [0.15, 0.2) is 6.10 Å². The summed E-state index contributed by atoms with van der Waals surface area (Å²) in [5, 5.41) is 13.8. The van der Waals surface area contributed by atoms with Crippen molar-refractivity contribution in [1.82, 2.24) is 10.6 Å². The summed E-state index contributed by atoms with van der Waals surface area (Å²) in [6, 6.07) is 0. The molecule has 4 nitrogen and oxygen atoms in total. The Hall–Kier alpha value is -0.820. The average Bonchev–Trinajstić information content (AvgIpc) is 2.58. The lowest BCUT2D eigenvalue weighted by Crippen LogP contribution is -2.43. The predicted molar refractivity (Wildman–Crippen MR) is 50.6 cm³/mol. The van der Waals surface area contributed by atoms with Gasteiger partial charge in [-0.3, -0.25) is 4.79 Å². The Morgan fingerprint density at radius 3 is 2.62 bits per heavy atom. The van der Waals surface area contributed by atoms with Gasteiger partial charge in [-0.05, 0) is 12.5 Å². The number of halogens is 3. The number of aliphatic hydroxyl groups is 1. The van der Waals surface area contributed by atoms with E-state index < -0.39 is 24.7 Å². The van der Waals surface area contributed by atoms with E-state index in [0.717, 1.165) is 0 Å². The largest absolute Gasteiger partial charge is 0.416 e. The monoisotopic (exact) mass is 240 g/mol. The minimum Gasteiger partial charge on any atom is -0.382 e. The normalized spacial score (nSPS) is 27.8. The number of hydrogen-bond acceptors (Lipinski definition) is 3. The summed E-state index contributed by atoms with van der Waals surface area (Å²) in [6.45, 7) is 2.21. The first-order valence-electron chi connectivity index (χ1n) is 5.05. The molecule has 0 aromatic carbocycles. The second kappa shape index (κ2) is 5.01. The van der Waals surface area contributed by atoms with E-state index in [-0.39, 0.29) is 11.8 Å². The van der Waals surface area contributed by atoms with Gasteiger partial charge in [0.1, 0.15) is 0 Å². The molecule has 7 heteroatoms. The van der Waals surface area contributed by atoms with Crippen molar-refractivity contribution in [1.29, 1.82) is 0 Å². The second-order valence-corrected chi connectivity index (χ2v) is 4.04. The summed E-state index contributed by atoms with van der Waals surface area (Å²) in [5.41, 5.74) is 0. The van der Waals surface area contributed by atoms with Gasteiger partial charge in [0.2, 0.25) is 5.91 Å². The Morgan fingerprint density at radius 1 is 1.56 bits per heavy atom. The lowest BCUT2D eigenvalue weighted by molar-refractivity contribution is -0.202. The molecule has 3 N–H and O–H groups in total. The van der Waals surface area contributed by atoms with Gasteiger partial charge in [0.05, 0.1) is 12.5 Å². The fourth-order valence-electron chi connectivity index (χ4n) is 1.61. The molecule has 0 spiro atoms. The fraction of sp³-hybridized carbons (Fsp3) is 0.889. The molecule has 1 fully saturated rings. The van der Waals surface area contributed by atoms with Crippen LogP contribution < -0.4 is 10.6 Å². The lowest BCUT2D eigenvalue weighted by Gasteiger charge is -2.18. The van der Waals surface area contributed by atoms with Crippen LogP contribution in [0.15, 0.2) is 0 Å². The molecule has 94 valence electrons. The van der Waals surface area contributed by atoms with E-state index in [2.05, 4.69) is 10.6 Å². The van der Waals surface area contributed by atoms with Crippen LogP contribution in [-0.4, -0.2) is 42.9 Å². The van der Waals surface area contributed by atoms with Crippen molar-refractivity contribution in [3.05, 3.63) is 0 Å². The third kappa shape index (κ3) is 3.34. The number of hydrogen-bond donors (Lipinski definition) is 3. The van der Waals surface area contributed by atoms with Gasteiger partial charge in [-0.2, -0.15) is 13.2 Å². The van der Waals surface area contributed by atoms with Crippen LogP contribution in [0.2, 0.25) is 0 Å². The Balaban J connectivity index is 2.35. The molecule has 1 saturated heterocycles. The van der Waals surface area contributed by atoms with Crippen molar-refractivity contribution in [2.75, 3.05) is 19.6 Å². The molecule has 3 unspecified atom stereocenters. The van der Waals surface area contributed by atoms with Gasteiger partial charge in [-0.1, -0.05) is 6.92 Å². The molecule has 16 heavy (non-hydrogen) atoms. The highest BCUT2D eigenvalue weighted by Crippen LogP contribution is 2.20. The molecule has 0 bridgehead atoms. The molecular formula is C9H15F3N2O2. The van der Waals surface area contributed by atoms with E-state index in [9.17, 15) is 18.0 Å². The Kier molecular flexibility index (Phi) is 4.15. The number of carbonyl (C=O) groups is 1. The first kappa shape index (κ1) is 13.2. The highest BCUT2D eigenvalue weighted by molar-refractivity contribution is 5.79. The van der Waals surface area contributed by atoms with Crippen molar-refractivity contribution < 1.29 is 23.1 Å². The molecule has 1 amide bonds. The lowest BCUT2D eigenvalue weighted by atomic mass is 9.97. The number of rotatable bonds is 3. The Bertz CT molecular complexity index is 258.